The van der Waals surface area contributed by atoms with Gasteiger partial charge in [-0.1, -0.05) is 65.7 Å². The number of amides is 1. The third-order valence-electron chi connectivity index (χ3n) is 5.41. The highest BCUT2D eigenvalue weighted by molar-refractivity contribution is 7.89. The third kappa shape index (κ3) is 5.64. The fourth-order valence-electron chi connectivity index (χ4n) is 4.05. The quantitative estimate of drug-likeness (QED) is 0.545. The molecule has 0 spiro atoms. The van der Waals surface area contributed by atoms with Crippen LogP contribution in [-0.4, -0.2) is 20.4 Å². The van der Waals surface area contributed by atoms with Gasteiger partial charge in [0, 0.05) is 5.69 Å². The summed E-state index contributed by atoms with van der Waals surface area (Å²) in [6.07, 6.45) is 0.237. The van der Waals surface area contributed by atoms with Crippen molar-refractivity contribution in [2.24, 2.45) is 0 Å². The first-order chi connectivity index (χ1) is 15.1. The van der Waals surface area contributed by atoms with Crippen LogP contribution in [0.3, 0.4) is 0 Å². The zero-order valence-corrected chi connectivity index (χ0v) is 20.0. The average Bonchev–Trinajstić information content (AvgIpc) is 2.69. The van der Waals surface area contributed by atoms with Crippen LogP contribution >= 0.6 is 0 Å². The van der Waals surface area contributed by atoms with Crippen molar-refractivity contribution >= 4 is 21.6 Å². The maximum atomic E-state index is 13.4. The molecule has 6 heteroatoms. The van der Waals surface area contributed by atoms with Crippen LogP contribution in [0.1, 0.15) is 33.4 Å². The monoisotopic (exact) mass is 450 g/mol. The molecule has 0 aliphatic carbocycles. The van der Waals surface area contributed by atoms with Crippen LogP contribution in [0.4, 0.5) is 5.69 Å². The summed E-state index contributed by atoms with van der Waals surface area (Å²) >= 11 is 0. The van der Waals surface area contributed by atoms with Gasteiger partial charge in [-0.25, -0.2) is 8.42 Å². The Balaban J connectivity index is 1.94. The van der Waals surface area contributed by atoms with E-state index in [1.165, 1.54) is 0 Å². The summed E-state index contributed by atoms with van der Waals surface area (Å²) in [7, 11) is -3.92. The van der Waals surface area contributed by atoms with E-state index in [0.29, 0.717) is 16.8 Å². The number of aryl methyl sites for hydroxylation is 5. The van der Waals surface area contributed by atoms with Gasteiger partial charge in [0.25, 0.3) is 0 Å². The molecule has 0 fully saturated rings. The van der Waals surface area contributed by atoms with Crippen LogP contribution in [0.5, 0.6) is 0 Å². The van der Waals surface area contributed by atoms with E-state index in [2.05, 4.69) is 10.0 Å². The molecule has 2 N–H and O–H groups in total. The number of hydrogen-bond donors (Lipinski definition) is 2. The van der Waals surface area contributed by atoms with Gasteiger partial charge in [0.1, 0.15) is 6.04 Å². The predicted molar refractivity (Wildman–Crippen MR) is 129 cm³/mol. The molecule has 0 radical (unpaired) electrons. The third-order valence-corrected chi connectivity index (χ3v) is 7.19. The Morgan fingerprint density at radius 2 is 1.41 bits per heavy atom. The van der Waals surface area contributed by atoms with E-state index in [1.54, 1.807) is 13.8 Å². The van der Waals surface area contributed by atoms with Crippen LogP contribution in [-0.2, 0) is 21.2 Å². The van der Waals surface area contributed by atoms with Gasteiger partial charge in [0.2, 0.25) is 15.9 Å². The number of benzene rings is 3. The Kier molecular flexibility index (Phi) is 7.16. The van der Waals surface area contributed by atoms with Gasteiger partial charge in [-0.3, -0.25) is 4.79 Å². The van der Waals surface area contributed by atoms with E-state index in [4.69, 9.17) is 0 Å². The highest BCUT2D eigenvalue weighted by Gasteiger charge is 2.28. The lowest BCUT2D eigenvalue weighted by Gasteiger charge is -2.21. The Labute approximate surface area is 190 Å². The summed E-state index contributed by atoms with van der Waals surface area (Å²) in [5.41, 5.74) is 5.85. The van der Waals surface area contributed by atoms with Crippen molar-refractivity contribution in [2.45, 2.75) is 52.0 Å². The molecular weight excluding hydrogens is 420 g/mol. The second-order valence-corrected chi connectivity index (χ2v) is 10.0. The van der Waals surface area contributed by atoms with Crippen LogP contribution in [0.15, 0.2) is 65.6 Å². The fourth-order valence-corrected chi connectivity index (χ4v) is 5.70. The Morgan fingerprint density at radius 1 is 0.812 bits per heavy atom. The molecule has 0 unspecified atom stereocenters. The molecule has 0 saturated carbocycles. The molecule has 0 aliphatic heterocycles. The van der Waals surface area contributed by atoms with E-state index in [-0.39, 0.29) is 11.3 Å². The van der Waals surface area contributed by atoms with Crippen LogP contribution < -0.4 is 10.0 Å². The SMILES string of the molecule is Cc1ccc(NC(=O)[C@@H](Cc2ccccc2)NS(=O)(=O)c2c(C)cc(C)cc2C)c(C)c1. The van der Waals surface area contributed by atoms with Crippen molar-refractivity contribution in [3.8, 4) is 0 Å². The van der Waals surface area contributed by atoms with Crippen LogP contribution in [0.25, 0.3) is 0 Å². The zero-order chi connectivity index (χ0) is 23.5. The molecule has 0 saturated heterocycles. The van der Waals surface area contributed by atoms with E-state index >= 15 is 0 Å². The number of hydrogen-bond acceptors (Lipinski definition) is 3. The highest BCUT2D eigenvalue weighted by Crippen LogP contribution is 2.23. The van der Waals surface area contributed by atoms with E-state index < -0.39 is 22.0 Å². The summed E-state index contributed by atoms with van der Waals surface area (Å²) in [5.74, 6) is -0.396. The largest absolute Gasteiger partial charge is 0.324 e. The number of sulfonamides is 1. The first-order valence-electron chi connectivity index (χ1n) is 10.6. The topological polar surface area (TPSA) is 75.3 Å². The first kappa shape index (κ1) is 23.7. The smallest absolute Gasteiger partial charge is 0.242 e. The lowest BCUT2D eigenvalue weighted by atomic mass is 10.1. The lowest BCUT2D eigenvalue weighted by molar-refractivity contribution is -0.117. The van der Waals surface area contributed by atoms with E-state index in [0.717, 1.165) is 22.3 Å². The van der Waals surface area contributed by atoms with Gasteiger partial charge < -0.3 is 5.32 Å². The summed E-state index contributed by atoms with van der Waals surface area (Å²) in [5, 5.41) is 2.90. The van der Waals surface area contributed by atoms with Crippen LogP contribution in [0.2, 0.25) is 0 Å². The van der Waals surface area contributed by atoms with Gasteiger partial charge in [0.05, 0.1) is 4.90 Å². The molecule has 3 aromatic rings. The molecular formula is C26H30N2O3S. The zero-order valence-electron chi connectivity index (χ0n) is 19.2. The van der Waals surface area contributed by atoms with Gasteiger partial charge in [-0.15, -0.1) is 0 Å². The van der Waals surface area contributed by atoms with Crippen LogP contribution in [0, 0.1) is 34.6 Å². The molecule has 0 heterocycles. The summed E-state index contributed by atoms with van der Waals surface area (Å²) < 4.78 is 29.4. The van der Waals surface area contributed by atoms with Crippen molar-refractivity contribution in [3.63, 3.8) is 0 Å². The Morgan fingerprint density at radius 3 is 2.00 bits per heavy atom. The van der Waals surface area contributed by atoms with Crippen molar-refractivity contribution < 1.29 is 13.2 Å². The molecule has 3 aromatic carbocycles. The van der Waals surface area contributed by atoms with Gasteiger partial charge in [-0.2, -0.15) is 4.72 Å². The fraction of sp³-hybridized carbons (Fsp3) is 0.269. The number of nitrogens with one attached hydrogen (secondary N) is 2. The molecule has 0 aromatic heterocycles. The number of carbonyl (C=O) groups is 1. The molecule has 1 atom stereocenters. The minimum absolute atomic E-state index is 0.223. The van der Waals surface area contributed by atoms with Crippen molar-refractivity contribution in [2.75, 3.05) is 5.32 Å². The Hall–Kier alpha value is -2.96. The maximum Gasteiger partial charge on any atom is 0.242 e. The summed E-state index contributed by atoms with van der Waals surface area (Å²) in [6.45, 7) is 9.38. The molecule has 1 amide bonds. The number of rotatable bonds is 7. The minimum Gasteiger partial charge on any atom is -0.324 e. The summed E-state index contributed by atoms with van der Waals surface area (Å²) in [4.78, 5) is 13.5. The van der Waals surface area contributed by atoms with Crippen molar-refractivity contribution in [1.29, 1.82) is 0 Å². The molecule has 0 aliphatic rings. The average molecular weight is 451 g/mol. The first-order valence-corrected chi connectivity index (χ1v) is 12.1. The minimum atomic E-state index is -3.92. The molecule has 5 nitrogen and oxygen atoms in total. The Bertz CT molecular complexity index is 1210. The molecule has 0 bridgehead atoms. The second-order valence-electron chi connectivity index (χ2n) is 8.40. The molecule has 168 valence electrons. The van der Waals surface area contributed by atoms with Crippen molar-refractivity contribution in [1.82, 2.24) is 4.72 Å². The lowest BCUT2D eigenvalue weighted by Crippen LogP contribution is -2.45. The standard InChI is InChI=1S/C26H30N2O3S/c1-17-11-12-23(19(3)13-17)27-26(29)24(16-22-9-7-6-8-10-22)28-32(30,31)25-20(4)14-18(2)15-21(25)5/h6-15,24,28H,16H2,1-5H3,(H,27,29)/t24-/m1/s1. The normalized spacial score (nSPS) is 12.4. The highest BCUT2D eigenvalue weighted by atomic mass is 32.2. The van der Waals surface area contributed by atoms with Crippen molar-refractivity contribution in [3.05, 3.63) is 94.0 Å². The number of anilines is 1. The van der Waals surface area contributed by atoms with Gasteiger partial charge in [0.15, 0.2) is 0 Å². The number of carbonyl (C=O) groups excluding carboxylic acids is 1. The van der Waals surface area contributed by atoms with E-state index in [9.17, 15) is 13.2 Å². The molecule has 32 heavy (non-hydrogen) atoms. The van der Waals surface area contributed by atoms with E-state index in [1.807, 2.05) is 81.4 Å². The van der Waals surface area contributed by atoms with Gasteiger partial charge >= 0.3 is 0 Å². The van der Waals surface area contributed by atoms with Gasteiger partial charge in [-0.05, 0) is 69.4 Å². The maximum absolute atomic E-state index is 13.4. The second kappa shape index (κ2) is 9.67. The summed E-state index contributed by atoms with van der Waals surface area (Å²) in [6, 6.07) is 17.8. The molecule has 3 rings (SSSR count). The predicted octanol–water partition coefficient (Wildman–Crippen LogP) is 4.76.